The zero-order chi connectivity index (χ0) is 14.3. The maximum absolute atomic E-state index is 4.39. The van der Waals surface area contributed by atoms with Crippen LogP contribution in [0.25, 0.3) is 22.3 Å². The fourth-order valence-electron chi connectivity index (χ4n) is 2.65. The first-order valence-corrected chi connectivity index (χ1v) is 7.05. The monoisotopic (exact) mass is 268 g/mol. The topological polar surface area (TPSA) is 35.6 Å². The minimum atomic E-state index is 0.561. The summed E-state index contributed by atoms with van der Waals surface area (Å²) in [5.74, 6) is 1.35. The summed E-state index contributed by atoms with van der Waals surface area (Å²) in [7, 11) is 4.00. The van der Waals surface area contributed by atoms with Crippen molar-refractivity contribution >= 4 is 10.9 Å². The van der Waals surface area contributed by atoms with Crippen molar-refractivity contribution in [2.24, 2.45) is 14.1 Å². The van der Waals surface area contributed by atoms with Crippen LogP contribution >= 0.6 is 0 Å². The second-order valence-corrected chi connectivity index (χ2v) is 5.48. The van der Waals surface area contributed by atoms with Crippen molar-refractivity contribution in [3.8, 4) is 11.4 Å². The molecule has 2 heterocycles. The van der Waals surface area contributed by atoms with Crippen molar-refractivity contribution in [2.45, 2.75) is 26.2 Å². The van der Waals surface area contributed by atoms with Gasteiger partial charge in [-0.15, -0.1) is 0 Å². The third-order valence-electron chi connectivity index (χ3n) is 4.02. The van der Waals surface area contributed by atoms with Gasteiger partial charge in [0, 0.05) is 36.8 Å². The lowest BCUT2D eigenvalue weighted by Crippen LogP contribution is -1.90. The Balaban J connectivity index is 2.18. The highest BCUT2D eigenvalue weighted by molar-refractivity contribution is 5.88. The number of hydrogen-bond acceptors (Lipinski definition) is 2. The second-order valence-electron chi connectivity index (χ2n) is 5.48. The molecule has 0 spiro atoms. The van der Waals surface area contributed by atoms with Crippen LogP contribution in [-0.2, 0) is 14.1 Å². The van der Waals surface area contributed by atoms with E-state index in [4.69, 9.17) is 0 Å². The lowest BCUT2D eigenvalue weighted by molar-refractivity contribution is 0.734. The van der Waals surface area contributed by atoms with Crippen LogP contribution in [0.4, 0.5) is 0 Å². The van der Waals surface area contributed by atoms with Crippen LogP contribution in [0.15, 0.2) is 30.7 Å². The van der Waals surface area contributed by atoms with Crippen LogP contribution in [-0.4, -0.2) is 19.3 Å². The highest BCUT2D eigenvalue weighted by Crippen LogP contribution is 2.31. The van der Waals surface area contributed by atoms with Gasteiger partial charge in [-0.3, -0.25) is 4.68 Å². The van der Waals surface area contributed by atoms with Gasteiger partial charge in [0.1, 0.15) is 6.33 Å². The van der Waals surface area contributed by atoms with Gasteiger partial charge in [-0.05, 0) is 36.1 Å². The summed E-state index contributed by atoms with van der Waals surface area (Å²) in [6.07, 6.45) is 5.12. The van der Waals surface area contributed by atoms with Crippen molar-refractivity contribution in [3.05, 3.63) is 36.3 Å². The summed E-state index contributed by atoms with van der Waals surface area (Å²) in [4.78, 5) is 4.34. The largest absolute Gasteiger partial charge is 0.350 e. The Morgan fingerprint density at radius 2 is 2.05 bits per heavy atom. The normalized spacial score (nSPS) is 13.0. The summed E-state index contributed by atoms with van der Waals surface area (Å²) in [5.41, 5.74) is 3.75. The number of aromatic nitrogens is 4. The number of nitrogens with zero attached hydrogens (tertiary/aromatic N) is 4. The molecule has 3 rings (SSSR count). The van der Waals surface area contributed by atoms with Gasteiger partial charge in [-0.1, -0.05) is 13.8 Å². The molecule has 0 radical (unpaired) electrons. The number of rotatable bonds is 3. The average molecular weight is 268 g/mol. The molecule has 0 saturated carbocycles. The minimum Gasteiger partial charge on any atom is -0.350 e. The molecule has 0 bridgehead atoms. The fraction of sp³-hybridized carbons (Fsp3) is 0.375. The Hall–Kier alpha value is -2.10. The van der Waals surface area contributed by atoms with Crippen LogP contribution in [0.3, 0.4) is 0 Å². The standard InChI is InChI=1S/C16H20N4/c1-5-11(2)14-9-19(3)15-7-6-12(8-13(14)15)16-17-10-20(4)18-16/h6-11H,5H2,1-4H3. The molecule has 0 saturated heterocycles. The van der Waals surface area contributed by atoms with Gasteiger partial charge in [0.2, 0.25) is 0 Å². The van der Waals surface area contributed by atoms with Crippen LogP contribution < -0.4 is 0 Å². The van der Waals surface area contributed by atoms with Crippen LogP contribution in [0.1, 0.15) is 31.7 Å². The van der Waals surface area contributed by atoms with Crippen LogP contribution in [0, 0.1) is 0 Å². The van der Waals surface area contributed by atoms with Gasteiger partial charge in [-0.2, -0.15) is 5.10 Å². The molecular formula is C16H20N4. The first-order valence-electron chi connectivity index (χ1n) is 7.05. The predicted octanol–water partition coefficient (Wildman–Crippen LogP) is 3.49. The van der Waals surface area contributed by atoms with Gasteiger partial charge in [0.05, 0.1) is 0 Å². The average Bonchev–Trinajstić information content (AvgIpc) is 3.02. The number of fused-ring (bicyclic) bond motifs is 1. The Morgan fingerprint density at radius 3 is 2.70 bits per heavy atom. The zero-order valence-electron chi connectivity index (χ0n) is 12.5. The molecule has 0 fully saturated rings. The van der Waals surface area contributed by atoms with E-state index in [1.807, 2.05) is 7.05 Å². The predicted molar refractivity (Wildman–Crippen MR) is 81.6 cm³/mol. The Bertz CT molecular complexity index is 751. The molecular weight excluding hydrogens is 248 g/mol. The van der Waals surface area contributed by atoms with E-state index in [0.29, 0.717) is 5.92 Å². The molecule has 1 aromatic carbocycles. The summed E-state index contributed by atoms with van der Waals surface area (Å²) >= 11 is 0. The number of hydrogen-bond donors (Lipinski definition) is 0. The van der Waals surface area contributed by atoms with E-state index in [1.165, 1.54) is 16.5 Å². The Kier molecular flexibility index (Phi) is 3.08. The lowest BCUT2D eigenvalue weighted by atomic mass is 9.97. The Labute approximate surface area is 119 Å². The molecule has 0 aliphatic heterocycles. The van der Waals surface area contributed by atoms with E-state index in [9.17, 15) is 0 Å². The van der Waals surface area contributed by atoms with Crippen LogP contribution in [0.2, 0.25) is 0 Å². The molecule has 0 aliphatic rings. The number of benzene rings is 1. The van der Waals surface area contributed by atoms with Crippen molar-refractivity contribution in [1.29, 1.82) is 0 Å². The van der Waals surface area contributed by atoms with Crippen LogP contribution in [0.5, 0.6) is 0 Å². The molecule has 0 aliphatic carbocycles. The molecule has 1 unspecified atom stereocenters. The molecule has 20 heavy (non-hydrogen) atoms. The summed E-state index contributed by atoms with van der Waals surface area (Å²) in [6.45, 7) is 4.51. The van der Waals surface area contributed by atoms with Gasteiger partial charge in [-0.25, -0.2) is 4.98 Å². The first kappa shape index (κ1) is 12.9. The Morgan fingerprint density at radius 1 is 1.25 bits per heavy atom. The highest BCUT2D eigenvalue weighted by Gasteiger charge is 2.13. The zero-order valence-corrected chi connectivity index (χ0v) is 12.5. The molecule has 1 atom stereocenters. The van der Waals surface area contributed by atoms with Gasteiger partial charge in [0.25, 0.3) is 0 Å². The smallest absolute Gasteiger partial charge is 0.181 e. The fourth-order valence-corrected chi connectivity index (χ4v) is 2.65. The molecule has 2 aromatic heterocycles. The molecule has 104 valence electrons. The molecule has 0 N–H and O–H groups in total. The molecule has 4 heteroatoms. The summed E-state index contributed by atoms with van der Waals surface area (Å²) in [6, 6.07) is 6.47. The van der Waals surface area contributed by atoms with Crippen molar-refractivity contribution < 1.29 is 0 Å². The minimum absolute atomic E-state index is 0.561. The van der Waals surface area contributed by atoms with E-state index in [0.717, 1.165) is 17.8 Å². The maximum atomic E-state index is 4.39. The van der Waals surface area contributed by atoms with E-state index in [-0.39, 0.29) is 0 Å². The molecule has 0 amide bonds. The quantitative estimate of drug-likeness (QED) is 0.729. The third kappa shape index (κ3) is 2.01. The lowest BCUT2D eigenvalue weighted by Gasteiger charge is -2.07. The molecule has 4 nitrogen and oxygen atoms in total. The number of aryl methyl sites for hydroxylation is 2. The summed E-state index contributed by atoms with van der Waals surface area (Å²) in [5, 5.41) is 5.70. The van der Waals surface area contributed by atoms with E-state index in [2.05, 4.69) is 59.9 Å². The second kappa shape index (κ2) is 4.78. The SMILES string of the molecule is CCC(C)c1cn(C)c2ccc(-c3ncn(C)n3)cc12. The highest BCUT2D eigenvalue weighted by atomic mass is 15.3. The van der Waals surface area contributed by atoms with E-state index < -0.39 is 0 Å². The van der Waals surface area contributed by atoms with Crippen molar-refractivity contribution in [2.75, 3.05) is 0 Å². The maximum Gasteiger partial charge on any atom is 0.181 e. The third-order valence-corrected chi connectivity index (χ3v) is 4.02. The van der Waals surface area contributed by atoms with Gasteiger partial charge >= 0.3 is 0 Å². The van der Waals surface area contributed by atoms with Crippen molar-refractivity contribution in [1.82, 2.24) is 19.3 Å². The summed E-state index contributed by atoms with van der Waals surface area (Å²) < 4.78 is 3.94. The molecule has 3 aromatic rings. The van der Waals surface area contributed by atoms with E-state index in [1.54, 1.807) is 11.0 Å². The van der Waals surface area contributed by atoms with Gasteiger partial charge < -0.3 is 4.57 Å². The van der Waals surface area contributed by atoms with E-state index >= 15 is 0 Å². The first-order chi connectivity index (χ1) is 9.60. The van der Waals surface area contributed by atoms with Crippen molar-refractivity contribution in [3.63, 3.8) is 0 Å². The van der Waals surface area contributed by atoms with Gasteiger partial charge in [0.15, 0.2) is 5.82 Å².